The minimum Gasteiger partial charge on any atom is -0.386 e. The second-order valence-corrected chi connectivity index (χ2v) is 9.26. The van der Waals surface area contributed by atoms with E-state index in [1.807, 2.05) is 0 Å². The number of urea groups is 1. The van der Waals surface area contributed by atoms with E-state index < -0.39 is 22.4 Å². The average molecular weight is 414 g/mol. The van der Waals surface area contributed by atoms with Gasteiger partial charge in [0.1, 0.15) is 10.8 Å². The Kier molecular flexibility index (Phi) is 5.36. The first-order chi connectivity index (χ1) is 13.8. The second-order valence-electron chi connectivity index (χ2n) is 8.29. The number of thiol groups is 1. The minimum atomic E-state index is -2.32. The molecule has 6 nitrogen and oxygen atoms in total. The van der Waals surface area contributed by atoms with Gasteiger partial charge < -0.3 is 15.1 Å². The monoisotopic (exact) mass is 413 g/mol. The molecule has 2 amide bonds. The van der Waals surface area contributed by atoms with Gasteiger partial charge in [0.15, 0.2) is 0 Å². The van der Waals surface area contributed by atoms with Crippen molar-refractivity contribution in [3.8, 4) is 0 Å². The standard InChI is InChI=1S/C22H27N3O3S/c1-22(2,27)16-8-5-9-17(13-16)24-29(28)25-21(26)23-20-18-10-3-6-14(18)12-15-7-4-11-19(15)20/h5,8-9,12-13,27,29H,3-4,6-7,10-11H2,1-2H3,(H2,23,24,25,26,28). The Hall–Kier alpha value is -2.38. The van der Waals surface area contributed by atoms with Gasteiger partial charge in [-0.05, 0) is 92.3 Å². The summed E-state index contributed by atoms with van der Waals surface area (Å²) >= 11 is 0. The third kappa shape index (κ3) is 4.31. The molecule has 0 aliphatic heterocycles. The summed E-state index contributed by atoms with van der Waals surface area (Å²) in [6.07, 6.45) is 6.24. The Morgan fingerprint density at radius 2 is 1.72 bits per heavy atom. The molecule has 2 aliphatic carbocycles. The number of aryl methyl sites for hydroxylation is 2. The molecule has 0 aromatic heterocycles. The zero-order chi connectivity index (χ0) is 20.6. The molecular formula is C22H27N3O3S. The highest BCUT2D eigenvalue weighted by atomic mass is 32.2. The highest BCUT2D eigenvalue weighted by molar-refractivity contribution is 7.76. The SMILES string of the molecule is CC(C)(O)c1cccc(N/[SH](=O)=N\C(=O)Nc2c3c(cc4c2CCC4)CCC3)c1. The number of aliphatic hydroxyl groups is 1. The summed E-state index contributed by atoms with van der Waals surface area (Å²) < 4.78 is 18.9. The normalized spacial score (nSPS) is 16.4. The van der Waals surface area contributed by atoms with Crippen LogP contribution in [0.25, 0.3) is 0 Å². The second kappa shape index (κ2) is 7.80. The summed E-state index contributed by atoms with van der Waals surface area (Å²) in [5.41, 5.74) is 6.21. The molecule has 0 fully saturated rings. The molecule has 2 aromatic rings. The molecule has 0 spiro atoms. The zero-order valence-electron chi connectivity index (χ0n) is 16.8. The van der Waals surface area contributed by atoms with E-state index in [1.165, 1.54) is 22.3 Å². The lowest BCUT2D eigenvalue weighted by Crippen LogP contribution is -2.15. The minimum absolute atomic E-state index is 0.545. The van der Waals surface area contributed by atoms with Crippen LogP contribution in [-0.2, 0) is 42.1 Å². The predicted molar refractivity (Wildman–Crippen MR) is 117 cm³/mol. The largest absolute Gasteiger partial charge is 0.386 e. The zero-order valence-corrected chi connectivity index (χ0v) is 17.7. The number of rotatable bonds is 4. The van der Waals surface area contributed by atoms with E-state index in [9.17, 15) is 14.1 Å². The van der Waals surface area contributed by atoms with Crippen LogP contribution in [0.3, 0.4) is 0 Å². The maximum Gasteiger partial charge on any atom is 0.354 e. The summed E-state index contributed by atoms with van der Waals surface area (Å²) in [5.74, 6) is 0. The maximum atomic E-state index is 12.5. The van der Waals surface area contributed by atoms with Crippen LogP contribution in [-0.4, -0.2) is 15.3 Å². The van der Waals surface area contributed by atoms with E-state index in [1.54, 1.807) is 38.1 Å². The van der Waals surface area contributed by atoms with Gasteiger partial charge in [0, 0.05) is 11.4 Å². The van der Waals surface area contributed by atoms with E-state index >= 15 is 0 Å². The number of nitrogens with one attached hydrogen (secondary N) is 2. The van der Waals surface area contributed by atoms with Crippen molar-refractivity contribution < 1.29 is 14.1 Å². The van der Waals surface area contributed by atoms with Crippen LogP contribution in [0.4, 0.5) is 16.2 Å². The van der Waals surface area contributed by atoms with E-state index in [0.29, 0.717) is 11.3 Å². The molecule has 1 unspecified atom stereocenters. The highest BCUT2D eigenvalue weighted by Crippen LogP contribution is 2.38. The summed E-state index contributed by atoms with van der Waals surface area (Å²) in [6, 6.07) is 8.69. The van der Waals surface area contributed by atoms with Crippen LogP contribution < -0.4 is 10.0 Å². The van der Waals surface area contributed by atoms with Gasteiger partial charge in [-0.25, -0.2) is 9.00 Å². The molecule has 154 valence electrons. The van der Waals surface area contributed by atoms with Gasteiger partial charge in [0.25, 0.3) is 0 Å². The lowest BCUT2D eigenvalue weighted by Gasteiger charge is -2.18. The number of hydrogen-bond donors (Lipinski definition) is 4. The summed E-state index contributed by atoms with van der Waals surface area (Å²) in [4.78, 5) is 12.5. The van der Waals surface area contributed by atoms with Gasteiger partial charge in [-0.3, -0.25) is 0 Å². The Labute approximate surface area is 173 Å². The highest BCUT2D eigenvalue weighted by Gasteiger charge is 2.25. The number of carbonyl (C=O) groups is 1. The van der Waals surface area contributed by atoms with Crippen molar-refractivity contribution in [1.82, 2.24) is 0 Å². The maximum absolute atomic E-state index is 12.5. The molecule has 0 saturated carbocycles. The van der Waals surface area contributed by atoms with Gasteiger partial charge in [-0.2, -0.15) is 0 Å². The lowest BCUT2D eigenvalue weighted by molar-refractivity contribution is 0.0786. The van der Waals surface area contributed by atoms with E-state index in [4.69, 9.17) is 0 Å². The van der Waals surface area contributed by atoms with Gasteiger partial charge in [0.2, 0.25) is 0 Å². The molecule has 1 atom stereocenters. The number of nitrogens with zero attached hydrogens (tertiary/aromatic N) is 1. The van der Waals surface area contributed by atoms with Crippen molar-refractivity contribution >= 4 is 28.2 Å². The topological polar surface area (TPSA) is 90.8 Å². The number of fused-ring (bicyclic) bond motifs is 2. The van der Waals surface area contributed by atoms with Crippen LogP contribution in [0.1, 0.15) is 54.5 Å². The van der Waals surface area contributed by atoms with Crippen molar-refractivity contribution in [3.63, 3.8) is 0 Å². The lowest BCUT2D eigenvalue weighted by atomic mass is 9.98. The number of benzene rings is 2. The van der Waals surface area contributed by atoms with E-state index in [2.05, 4.69) is 20.5 Å². The van der Waals surface area contributed by atoms with Crippen molar-refractivity contribution in [1.29, 1.82) is 0 Å². The Bertz CT molecular complexity index is 1020. The van der Waals surface area contributed by atoms with E-state index in [-0.39, 0.29) is 0 Å². The number of amides is 2. The molecular weight excluding hydrogens is 386 g/mol. The molecule has 7 heteroatoms. The summed E-state index contributed by atoms with van der Waals surface area (Å²) in [5, 5.41) is 13.0. The molecule has 29 heavy (non-hydrogen) atoms. The fourth-order valence-corrected chi connectivity index (χ4v) is 4.91. The third-order valence-electron chi connectivity index (χ3n) is 5.68. The van der Waals surface area contributed by atoms with Gasteiger partial charge in [-0.1, -0.05) is 18.2 Å². The molecule has 0 radical (unpaired) electrons. The third-order valence-corrected chi connectivity index (χ3v) is 6.49. The first-order valence-electron chi connectivity index (χ1n) is 10.1. The van der Waals surface area contributed by atoms with Crippen LogP contribution in [0.5, 0.6) is 0 Å². The fraction of sp³-hybridized carbons (Fsp3) is 0.409. The molecule has 0 heterocycles. The van der Waals surface area contributed by atoms with Crippen molar-refractivity contribution in [2.75, 3.05) is 10.0 Å². The number of hydrogen-bond acceptors (Lipinski definition) is 3. The van der Waals surface area contributed by atoms with Crippen molar-refractivity contribution in [2.45, 2.75) is 58.0 Å². The predicted octanol–water partition coefficient (Wildman–Crippen LogP) is 4.12. The number of carbonyl (C=O) groups excluding carboxylic acids is 1. The Balaban J connectivity index is 1.52. The van der Waals surface area contributed by atoms with Crippen LogP contribution in [0.2, 0.25) is 0 Å². The fourth-order valence-electron chi connectivity index (χ4n) is 4.29. The van der Waals surface area contributed by atoms with Crippen LogP contribution in [0, 0.1) is 0 Å². The van der Waals surface area contributed by atoms with Gasteiger partial charge >= 0.3 is 6.03 Å². The molecule has 0 bridgehead atoms. The van der Waals surface area contributed by atoms with Crippen molar-refractivity contribution in [2.24, 2.45) is 4.36 Å². The molecule has 2 aromatic carbocycles. The smallest absolute Gasteiger partial charge is 0.354 e. The summed E-state index contributed by atoms with van der Waals surface area (Å²) in [7, 11) is -2.32. The van der Waals surface area contributed by atoms with Crippen LogP contribution in [0.15, 0.2) is 34.7 Å². The summed E-state index contributed by atoms with van der Waals surface area (Å²) in [6.45, 7) is 3.36. The van der Waals surface area contributed by atoms with Gasteiger partial charge in [0.05, 0.1) is 5.60 Å². The first-order valence-corrected chi connectivity index (χ1v) is 11.3. The van der Waals surface area contributed by atoms with Gasteiger partial charge in [-0.15, -0.1) is 4.36 Å². The quantitative estimate of drug-likeness (QED) is 0.569. The number of anilines is 2. The van der Waals surface area contributed by atoms with E-state index in [0.717, 1.165) is 44.2 Å². The molecule has 2 aliphatic rings. The molecule has 3 N–H and O–H groups in total. The molecule has 0 saturated heterocycles. The average Bonchev–Trinajstić information content (AvgIpc) is 3.29. The first kappa shape index (κ1) is 19.9. The Morgan fingerprint density at radius 3 is 2.34 bits per heavy atom. The molecule has 4 rings (SSSR count). The van der Waals surface area contributed by atoms with Crippen LogP contribution >= 0.6 is 0 Å². The Morgan fingerprint density at radius 1 is 1.07 bits per heavy atom. The van der Waals surface area contributed by atoms with Crippen molar-refractivity contribution in [3.05, 3.63) is 58.1 Å².